The maximum Gasteiger partial charge on any atom is 0.237 e. The van der Waals surface area contributed by atoms with Gasteiger partial charge in [0.2, 0.25) is 5.91 Å². The summed E-state index contributed by atoms with van der Waals surface area (Å²) in [4.78, 5) is 12.1. The van der Waals surface area contributed by atoms with Crippen molar-refractivity contribution in [3.63, 3.8) is 0 Å². The first-order valence-corrected chi connectivity index (χ1v) is 6.95. The number of nitrogens with two attached hydrogens (primary N) is 1. The fourth-order valence-corrected chi connectivity index (χ4v) is 2.16. The van der Waals surface area contributed by atoms with Gasteiger partial charge in [-0.1, -0.05) is 42.5 Å². The van der Waals surface area contributed by atoms with Gasteiger partial charge in [-0.3, -0.25) is 4.79 Å². The molecule has 2 atom stereocenters. The first-order chi connectivity index (χ1) is 10.1. The second kappa shape index (κ2) is 6.90. The quantitative estimate of drug-likeness (QED) is 0.787. The van der Waals surface area contributed by atoms with Gasteiger partial charge in [0.15, 0.2) is 0 Å². The third kappa shape index (κ3) is 4.33. The highest BCUT2D eigenvalue weighted by Crippen LogP contribution is 2.17. The third-order valence-corrected chi connectivity index (χ3v) is 3.36. The number of nitrogens with one attached hydrogen (secondary N) is 1. The Bertz CT molecular complexity index is 599. The topological polar surface area (TPSA) is 75.4 Å². The zero-order valence-corrected chi connectivity index (χ0v) is 12.0. The van der Waals surface area contributed by atoms with E-state index in [4.69, 9.17) is 5.73 Å². The highest BCUT2D eigenvalue weighted by Gasteiger charge is 2.17. The first kappa shape index (κ1) is 15.1. The summed E-state index contributed by atoms with van der Waals surface area (Å²) in [5.41, 5.74) is 7.82. The number of benzene rings is 2. The lowest BCUT2D eigenvalue weighted by Gasteiger charge is -2.18. The van der Waals surface area contributed by atoms with Crippen LogP contribution in [0.5, 0.6) is 5.75 Å². The van der Waals surface area contributed by atoms with Crippen molar-refractivity contribution in [2.24, 2.45) is 5.73 Å². The molecule has 2 aromatic carbocycles. The molecule has 0 saturated carbocycles. The van der Waals surface area contributed by atoms with Crippen LogP contribution in [0, 0.1) is 0 Å². The molecular formula is C17H20N2O2. The molecule has 0 aliphatic rings. The van der Waals surface area contributed by atoms with E-state index in [0.29, 0.717) is 6.42 Å². The second-order valence-electron chi connectivity index (χ2n) is 5.12. The van der Waals surface area contributed by atoms with E-state index < -0.39 is 6.04 Å². The first-order valence-electron chi connectivity index (χ1n) is 6.95. The molecule has 0 heterocycles. The van der Waals surface area contributed by atoms with Crippen LogP contribution in [0.15, 0.2) is 54.6 Å². The molecule has 0 aliphatic heterocycles. The van der Waals surface area contributed by atoms with E-state index in [1.807, 2.05) is 43.3 Å². The third-order valence-electron chi connectivity index (χ3n) is 3.36. The molecule has 1 amide bonds. The molecule has 0 spiro atoms. The van der Waals surface area contributed by atoms with Crippen LogP contribution in [0.4, 0.5) is 0 Å². The van der Waals surface area contributed by atoms with Crippen molar-refractivity contribution in [1.82, 2.24) is 5.32 Å². The Labute approximate surface area is 124 Å². The summed E-state index contributed by atoms with van der Waals surface area (Å²) in [6.07, 6.45) is 0.499. The van der Waals surface area contributed by atoms with E-state index in [1.165, 1.54) is 0 Å². The molecule has 4 N–H and O–H groups in total. The van der Waals surface area contributed by atoms with Crippen LogP contribution >= 0.6 is 0 Å². The minimum Gasteiger partial charge on any atom is -0.508 e. The number of phenols is 1. The molecule has 0 radical (unpaired) electrons. The summed E-state index contributed by atoms with van der Waals surface area (Å²) in [5, 5.41) is 12.3. The molecule has 2 aromatic rings. The Hall–Kier alpha value is -2.33. The normalized spacial score (nSPS) is 13.4. The van der Waals surface area contributed by atoms with Crippen molar-refractivity contribution < 1.29 is 9.90 Å². The van der Waals surface area contributed by atoms with Crippen molar-refractivity contribution in [3.05, 3.63) is 65.7 Å². The fraction of sp³-hybridized carbons (Fsp3) is 0.235. The molecular weight excluding hydrogens is 264 g/mol. The Morgan fingerprint density at radius 1 is 1.19 bits per heavy atom. The molecule has 0 aliphatic carbocycles. The van der Waals surface area contributed by atoms with Crippen molar-refractivity contribution >= 4 is 5.91 Å². The molecule has 0 fully saturated rings. The summed E-state index contributed by atoms with van der Waals surface area (Å²) < 4.78 is 0. The molecule has 2 unspecified atom stereocenters. The van der Waals surface area contributed by atoms with Gasteiger partial charge in [0.25, 0.3) is 0 Å². The maximum absolute atomic E-state index is 12.1. The van der Waals surface area contributed by atoms with Crippen molar-refractivity contribution in [2.75, 3.05) is 0 Å². The van der Waals surface area contributed by atoms with Gasteiger partial charge in [-0.15, -0.1) is 0 Å². The van der Waals surface area contributed by atoms with E-state index in [2.05, 4.69) is 5.32 Å². The summed E-state index contributed by atoms with van der Waals surface area (Å²) in [6.45, 7) is 1.86. The lowest BCUT2D eigenvalue weighted by Crippen LogP contribution is -2.42. The van der Waals surface area contributed by atoms with Gasteiger partial charge in [0, 0.05) is 0 Å². The van der Waals surface area contributed by atoms with Crippen LogP contribution < -0.4 is 11.1 Å². The molecule has 2 rings (SSSR count). The minimum absolute atomic E-state index is 0.183. The molecule has 4 heteroatoms. The Morgan fingerprint density at radius 2 is 1.90 bits per heavy atom. The SMILES string of the molecule is CC(NC(=O)C(N)Cc1ccccc1)c1cccc(O)c1. The monoisotopic (exact) mass is 284 g/mol. The maximum atomic E-state index is 12.1. The smallest absolute Gasteiger partial charge is 0.237 e. The molecule has 4 nitrogen and oxygen atoms in total. The number of amides is 1. The Morgan fingerprint density at radius 3 is 2.57 bits per heavy atom. The summed E-state index contributed by atoms with van der Waals surface area (Å²) in [7, 11) is 0. The summed E-state index contributed by atoms with van der Waals surface area (Å²) in [5.74, 6) is -0.0168. The van der Waals surface area contributed by atoms with Gasteiger partial charge >= 0.3 is 0 Å². The van der Waals surface area contributed by atoms with Crippen molar-refractivity contribution in [2.45, 2.75) is 25.4 Å². The fourth-order valence-electron chi connectivity index (χ4n) is 2.16. The predicted molar refractivity (Wildman–Crippen MR) is 82.8 cm³/mol. The average Bonchev–Trinajstić information content (AvgIpc) is 2.48. The van der Waals surface area contributed by atoms with Gasteiger partial charge in [-0.2, -0.15) is 0 Å². The van der Waals surface area contributed by atoms with E-state index >= 15 is 0 Å². The van der Waals surface area contributed by atoms with Gasteiger partial charge in [0.05, 0.1) is 12.1 Å². The molecule has 0 saturated heterocycles. The van der Waals surface area contributed by atoms with Crippen LogP contribution in [-0.4, -0.2) is 17.1 Å². The highest BCUT2D eigenvalue weighted by molar-refractivity contribution is 5.82. The summed E-state index contributed by atoms with van der Waals surface area (Å²) in [6, 6.07) is 15.7. The van der Waals surface area contributed by atoms with Crippen LogP contribution in [0.1, 0.15) is 24.1 Å². The van der Waals surface area contributed by atoms with Gasteiger partial charge in [0.1, 0.15) is 5.75 Å². The standard InChI is InChI=1S/C17H20N2O2/c1-12(14-8-5-9-15(20)11-14)19-17(21)16(18)10-13-6-3-2-4-7-13/h2-9,11-12,16,20H,10,18H2,1H3,(H,19,21). The number of carbonyl (C=O) groups excluding carboxylic acids is 1. The van der Waals surface area contributed by atoms with E-state index in [-0.39, 0.29) is 17.7 Å². The number of hydrogen-bond acceptors (Lipinski definition) is 3. The lowest BCUT2D eigenvalue weighted by atomic mass is 10.0. The van der Waals surface area contributed by atoms with Gasteiger partial charge < -0.3 is 16.2 Å². The van der Waals surface area contributed by atoms with Crippen LogP contribution in [0.3, 0.4) is 0 Å². The summed E-state index contributed by atoms with van der Waals surface area (Å²) >= 11 is 0. The zero-order valence-electron chi connectivity index (χ0n) is 12.0. The largest absolute Gasteiger partial charge is 0.508 e. The van der Waals surface area contributed by atoms with E-state index in [0.717, 1.165) is 11.1 Å². The number of aromatic hydroxyl groups is 1. The number of phenolic OH excluding ortho intramolecular Hbond substituents is 1. The van der Waals surface area contributed by atoms with Crippen molar-refractivity contribution in [3.8, 4) is 5.75 Å². The van der Waals surface area contributed by atoms with Gasteiger partial charge in [-0.25, -0.2) is 0 Å². The minimum atomic E-state index is -0.591. The van der Waals surface area contributed by atoms with Gasteiger partial charge in [-0.05, 0) is 36.6 Å². The number of rotatable bonds is 5. The highest BCUT2D eigenvalue weighted by atomic mass is 16.3. The van der Waals surface area contributed by atoms with Crippen molar-refractivity contribution in [1.29, 1.82) is 0 Å². The molecule has 21 heavy (non-hydrogen) atoms. The second-order valence-corrected chi connectivity index (χ2v) is 5.12. The average molecular weight is 284 g/mol. The number of carbonyl (C=O) groups is 1. The predicted octanol–water partition coefficient (Wildman–Crippen LogP) is 2.14. The zero-order chi connectivity index (χ0) is 15.2. The van der Waals surface area contributed by atoms with Crippen LogP contribution in [0.2, 0.25) is 0 Å². The molecule has 110 valence electrons. The van der Waals surface area contributed by atoms with Crippen LogP contribution in [-0.2, 0) is 11.2 Å². The number of hydrogen-bond donors (Lipinski definition) is 3. The lowest BCUT2D eigenvalue weighted by molar-refractivity contribution is -0.123. The molecule has 0 bridgehead atoms. The Balaban J connectivity index is 1.94. The van der Waals surface area contributed by atoms with E-state index in [1.54, 1.807) is 18.2 Å². The Kier molecular flexibility index (Phi) is 4.95. The van der Waals surface area contributed by atoms with Crippen LogP contribution in [0.25, 0.3) is 0 Å². The molecule has 0 aromatic heterocycles. The van der Waals surface area contributed by atoms with E-state index in [9.17, 15) is 9.90 Å².